The van der Waals surface area contributed by atoms with Crippen LogP contribution in [0.3, 0.4) is 0 Å². The largest absolute Gasteiger partial charge is 0.811 e. The Morgan fingerprint density at radius 3 is 1.69 bits per heavy atom. The van der Waals surface area contributed by atoms with Crippen molar-refractivity contribution in [3.8, 4) is 0 Å². The van der Waals surface area contributed by atoms with Crippen molar-refractivity contribution in [2.45, 2.75) is 13.8 Å². The number of rotatable bonds is 8. The topological polar surface area (TPSA) is 93.7 Å². The molecule has 0 fully saturated rings. The third-order valence-electron chi connectivity index (χ3n) is 1.39. The molecule has 2 N–H and O–H groups in total. The van der Waals surface area contributed by atoms with Crippen LogP contribution in [-0.2, 0) is 23.2 Å². The van der Waals surface area contributed by atoms with Gasteiger partial charge in [-0.15, -0.1) is 0 Å². The van der Waals surface area contributed by atoms with E-state index in [-0.39, 0.29) is 13.1 Å². The molecule has 0 amide bonds. The average molecular weight is 251 g/mol. The average Bonchev–Trinajstić information content (AvgIpc) is 2.23. The summed E-state index contributed by atoms with van der Waals surface area (Å²) in [6, 6.07) is 0. The van der Waals surface area contributed by atoms with Crippen LogP contribution in [-0.4, -0.2) is 38.1 Å². The first-order chi connectivity index (χ1) is 7.60. The number of hydrogen-bond acceptors (Lipinski definition) is 7. The van der Waals surface area contributed by atoms with E-state index in [0.29, 0.717) is 13.1 Å². The minimum atomic E-state index is -2.72. The second-order valence-electron chi connectivity index (χ2n) is 2.71. The van der Waals surface area contributed by atoms with Gasteiger partial charge in [0.1, 0.15) is 0 Å². The van der Waals surface area contributed by atoms with Gasteiger partial charge in [-0.1, -0.05) is 13.8 Å². The van der Waals surface area contributed by atoms with E-state index < -0.39 is 20.2 Å². The van der Waals surface area contributed by atoms with Gasteiger partial charge in [0.05, 0.1) is 13.1 Å². The van der Waals surface area contributed by atoms with Crippen molar-refractivity contribution in [3.05, 3.63) is 0 Å². The first-order valence-corrected chi connectivity index (χ1v) is 6.00. The fourth-order valence-corrected chi connectivity index (χ4v) is 1.20. The Morgan fingerprint density at radius 2 is 1.38 bits per heavy atom. The third-order valence-corrected chi connectivity index (χ3v) is 2.10. The Kier molecular flexibility index (Phi) is 8.61. The van der Waals surface area contributed by atoms with Crippen LogP contribution >= 0.6 is 8.25 Å². The van der Waals surface area contributed by atoms with Crippen LogP contribution in [0.4, 0.5) is 0 Å². The molecule has 0 rings (SSSR count). The van der Waals surface area contributed by atoms with Crippen LogP contribution in [0.15, 0.2) is 0 Å². The molecule has 0 bridgehead atoms. The molecule has 7 nitrogen and oxygen atoms in total. The predicted molar refractivity (Wildman–Crippen MR) is 56.9 cm³/mol. The number of nitrogens with one attached hydrogen (secondary N) is 2. The zero-order valence-corrected chi connectivity index (χ0v) is 10.2. The Hall–Kier alpha value is -1.04. The summed E-state index contributed by atoms with van der Waals surface area (Å²) in [5.74, 6) is -1.45. The van der Waals surface area contributed by atoms with Crippen molar-refractivity contribution >= 4 is 20.2 Å². The van der Waals surface area contributed by atoms with Gasteiger partial charge in [0.15, 0.2) is 0 Å². The Balaban J connectivity index is 3.72. The van der Waals surface area contributed by atoms with E-state index in [0.717, 1.165) is 0 Å². The lowest BCUT2D eigenvalue weighted by Crippen LogP contribution is -2.24. The highest BCUT2D eigenvalue weighted by atomic mass is 31.1. The molecule has 0 aliphatic carbocycles. The quantitative estimate of drug-likeness (QED) is 0.584. The molecule has 0 aliphatic heterocycles. The van der Waals surface area contributed by atoms with Gasteiger partial charge < -0.3 is 10.6 Å². The summed E-state index contributed by atoms with van der Waals surface area (Å²) in [5.41, 5.74) is 0. The van der Waals surface area contributed by atoms with E-state index in [9.17, 15) is 14.2 Å². The van der Waals surface area contributed by atoms with Gasteiger partial charge >= 0.3 is 20.2 Å². The van der Waals surface area contributed by atoms with E-state index in [4.69, 9.17) is 0 Å². The van der Waals surface area contributed by atoms with Crippen LogP contribution in [0.5, 0.6) is 0 Å². The molecule has 92 valence electrons. The van der Waals surface area contributed by atoms with Crippen molar-refractivity contribution in [2.75, 3.05) is 26.2 Å². The van der Waals surface area contributed by atoms with Crippen molar-refractivity contribution < 1.29 is 23.2 Å². The molecule has 0 unspecified atom stereocenters. The molecule has 0 aliphatic rings. The van der Waals surface area contributed by atoms with Gasteiger partial charge in [0.2, 0.25) is 0 Å². The van der Waals surface area contributed by atoms with Gasteiger partial charge in [-0.25, -0.2) is 9.59 Å². The lowest BCUT2D eigenvalue weighted by Gasteiger charge is -1.95. The third kappa shape index (κ3) is 8.28. The molecule has 0 saturated heterocycles. The van der Waals surface area contributed by atoms with E-state index in [1.165, 1.54) is 0 Å². The summed E-state index contributed by atoms with van der Waals surface area (Å²) < 4.78 is 19.7. The maximum absolute atomic E-state index is 11.0. The van der Waals surface area contributed by atoms with E-state index in [1.807, 2.05) is 13.8 Å². The first-order valence-electron chi connectivity index (χ1n) is 4.90. The molecule has 0 aromatic carbocycles. The van der Waals surface area contributed by atoms with Crippen LogP contribution < -0.4 is 10.6 Å². The lowest BCUT2D eigenvalue weighted by atomic mass is 10.6. The molecule has 0 heterocycles. The van der Waals surface area contributed by atoms with Crippen LogP contribution in [0.2, 0.25) is 0 Å². The fraction of sp³-hybridized carbons (Fsp3) is 0.750. The van der Waals surface area contributed by atoms with Gasteiger partial charge in [-0.05, 0) is 13.1 Å². The minimum Gasteiger partial charge on any atom is -0.307 e. The summed E-state index contributed by atoms with van der Waals surface area (Å²) in [6.45, 7) is 4.66. The maximum atomic E-state index is 11.0. The zero-order chi connectivity index (χ0) is 12.4. The highest BCUT2D eigenvalue weighted by Gasteiger charge is 2.30. The molecule has 0 spiro atoms. The summed E-state index contributed by atoms with van der Waals surface area (Å²) in [6.07, 6.45) is 0. The Morgan fingerprint density at radius 1 is 1.00 bits per heavy atom. The molecule has 0 aromatic rings. The second-order valence-corrected chi connectivity index (χ2v) is 3.52. The zero-order valence-electron chi connectivity index (χ0n) is 9.32. The molecular formula is C8H16N2O5P+. The molecule has 0 radical (unpaired) electrons. The SMILES string of the molecule is CCNCC(=O)O[P+](=O)OC(=O)CNCC. The number of carbonyl (C=O) groups excluding carboxylic acids is 2. The van der Waals surface area contributed by atoms with E-state index in [1.54, 1.807) is 0 Å². The van der Waals surface area contributed by atoms with E-state index >= 15 is 0 Å². The van der Waals surface area contributed by atoms with Gasteiger partial charge in [0, 0.05) is 4.57 Å². The Labute approximate surface area is 94.8 Å². The van der Waals surface area contributed by atoms with Gasteiger partial charge in [-0.3, -0.25) is 0 Å². The molecule has 0 aromatic heterocycles. The molecule has 0 saturated carbocycles. The number of hydrogen-bond donors (Lipinski definition) is 2. The second kappa shape index (κ2) is 9.21. The number of carbonyl (C=O) groups is 2. The van der Waals surface area contributed by atoms with Crippen molar-refractivity contribution in [2.24, 2.45) is 0 Å². The van der Waals surface area contributed by atoms with Crippen molar-refractivity contribution in [1.29, 1.82) is 0 Å². The maximum Gasteiger partial charge on any atom is 0.811 e. The summed E-state index contributed by atoms with van der Waals surface area (Å²) >= 11 is 0. The van der Waals surface area contributed by atoms with Gasteiger partial charge in [0.25, 0.3) is 0 Å². The lowest BCUT2D eigenvalue weighted by molar-refractivity contribution is -0.136. The summed E-state index contributed by atoms with van der Waals surface area (Å²) in [7, 11) is -2.72. The highest BCUT2D eigenvalue weighted by molar-refractivity contribution is 7.34. The number of likely N-dealkylation sites (N-methyl/N-ethyl adjacent to an activating group) is 2. The fourth-order valence-electron chi connectivity index (χ4n) is 0.704. The molecule has 0 atom stereocenters. The summed E-state index contributed by atoms with van der Waals surface area (Å²) in [4.78, 5) is 21.9. The van der Waals surface area contributed by atoms with Crippen molar-refractivity contribution in [1.82, 2.24) is 10.6 Å². The van der Waals surface area contributed by atoms with Crippen LogP contribution in [0.1, 0.15) is 13.8 Å². The first kappa shape index (κ1) is 15.0. The Bertz CT molecular complexity index is 235. The summed E-state index contributed by atoms with van der Waals surface area (Å²) in [5, 5.41) is 5.37. The van der Waals surface area contributed by atoms with Crippen LogP contribution in [0, 0.1) is 0 Å². The van der Waals surface area contributed by atoms with Gasteiger partial charge in [-0.2, -0.15) is 9.05 Å². The molecule has 8 heteroatoms. The molecule has 16 heavy (non-hydrogen) atoms. The minimum absolute atomic E-state index is 0.0671. The standard InChI is InChI=1S/C8H16N2O5P/c1-3-9-5-7(11)14-16(13)15-8(12)6-10-4-2/h9-10H,3-6H2,1-2H3/q+1. The van der Waals surface area contributed by atoms with Crippen molar-refractivity contribution in [3.63, 3.8) is 0 Å². The normalized spacial score (nSPS) is 9.62. The monoisotopic (exact) mass is 251 g/mol. The molecular weight excluding hydrogens is 235 g/mol. The van der Waals surface area contributed by atoms with Crippen LogP contribution in [0.25, 0.3) is 0 Å². The smallest absolute Gasteiger partial charge is 0.307 e. The predicted octanol–water partition coefficient (Wildman–Crippen LogP) is -0.0508. The highest BCUT2D eigenvalue weighted by Crippen LogP contribution is 2.23. The van der Waals surface area contributed by atoms with E-state index in [2.05, 4.69) is 19.7 Å².